The summed E-state index contributed by atoms with van der Waals surface area (Å²) in [5.74, 6) is -6.85. The first kappa shape index (κ1) is 11.0. The molecule has 1 nitrogen and oxygen atoms in total. The third-order valence-electron chi connectivity index (χ3n) is 1.94. The van der Waals surface area contributed by atoms with Crippen molar-refractivity contribution in [3.8, 4) is 0 Å². The van der Waals surface area contributed by atoms with E-state index in [-0.39, 0.29) is 0 Å². The number of halogens is 5. The number of rotatable bonds is 1. The van der Waals surface area contributed by atoms with Crippen molar-refractivity contribution in [2.45, 2.75) is 18.8 Å². The van der Waals surface area contributed by atoms with Crippen molar-refractivity contribution in [3.05, 3.63) is 23.2 Å². The fourth-order valence-corrected chi connectivity index (χ4v) is 1.07. The van der Waals surface area contributed by atoms with Crippen LogP contribution in [0.25, 0.3) is 0 Å². The summed E-state index contributed by atoms with van der Waals surface area (Å²) in [6, 6.07) is 0. The first-order valence-corrected chi connectivity index (χ1v) is 3.66. The van der Waals surface area contributed by atoms with Crippen LogP contribution in [-0.4, -0.2) is 19.0 Å². The number of allylic oxidation sites excluding steroid dienone is 3. The number of hydrogen-bond donors (Lipinski definition) is 0. The highest BCUT2D eigenvalue weighted by Crippen LogP contribution is 2.43. The molecule has 1 rings (SSSR count). The van der Waals surface area contributed by atoms with Crippen molar-refractivity contribution in [2.75, 3.05) is 7.11 Å². The normalized spacial score (nSPS) is 33.8. The highest BCUT2D eigenvalue weighted by molar-refractivity contribution is 5.38. The molecule has 0 radical (unpaired) electrons. The minimum absolute atomic E-state index is 0.415. The molecular formula is C8H7F5O. The molecule has 0 bridgehead atoms. The van der Waals surface area contributed by atoms with Gasteiger partial charge in [-0.1, -0.05) is 0 Å². The molecule has 0 amide bonds. The lowest BCUT2D eigenvalue weighted by Gasteiger charge is -2.27. The lowest BCUT2D eigenvalue weighted by Crippen LogP contribution is -2.37. The fraction of sp³-hybridized carbons (Fsp3) is 0.500. The Bertz CT molecular complexity index is 318. The predicted octanol–water partition coefficient (Wildman–Crippen LogP) is 3.04. The molecule has 0 fully saturated rings. The van der Waals surface area contributed by atoms with Crippen molar-refractivity contribution in [1.82, 2.24) is 0 Å². The van der Waals surface area contributed by atoms with Gasteiger partial charge in [0.2, 0.25) is 5.83 Å². The van der Waals surface area contributed by atoms with Crippen molar-refractivity contribution in [3.63, 3.8) is 0 Å². The second-order valence-corrected chi connectivity index (χ2v) is 2.95. The summed E-state index contributed by atoms with van der Waals surface area (Å²) in [5, 5.41) is 0. The van der Waals surface area contributed by atoms with Gasteiger partial charge in [0.25, 0.3) is 0 Å². The molecule has 0 saturated carbocycles. The van der Waals surface area contributed by atoms with E-state index in [1.165, 1.54) is 0 Å². The SMILES string of the molecule is COC1=C(F)C(F)C(C)(F)C(F)=C1F. The summed E-state index contributed by atoms with van der Waals surface area (Å²) >= 11 is 0. The quantitative estimate of drug-likeness (QED) is 0.609. The molecule has 6 heteroatoms. The van der Waals surface area contributed by atoms with E-state index in [0.29, 0.717) is 6.92 Å². The topological polar surface area (TPSA) is 9.23 Å². The van der Waals surface area contributed by atoms with E-state index in [9.17, 15) is 22.0 Å². The van der Waals surface area contributed by atoms with Crippen molar-refractivity contribution < 1.29 is 26.7 Å². The van der Waals surface area contributed by atoms with E-state index >= 15 is 0 Å². The summed E-state index contributed by atoms with van der Waals surface area (Å²) in [6.45, 7) is 0.415. The lowest BCUT2D eigenvalue weighted by atomic mass is 9.94. The zero-order valence-corrected chi connectivity index (χ0v) is 7.38. The van der Waals surface area contributed by atoms with Crippen molar-refractivity contribution in [1.29, 1.82) is 0 Å². The van der Waals surface area contributed by atoms with Crippen LogP contribution in [0.4, 0.5) is 22.0 Å². The van der Waals surface area contributed by atoms with Gasteiger partial charge in [-0.25, -0.2) is 17.6 Å². The molecule has 0 N–H and O–H groups in total. The molecule has 2 unspecified atom stereocenters. The molecule has 80 valence electrons. The van der Waals surface area contributed by atoms with E-state index in [1.807, 2.05) is 0 Å². The van der Waals surface area contributed by atoms with E-state index in [1.54, 1.807) is 0 Å². The maximum absolute atomic E-state index is 13.1. The fourth-order valence-electron chi connectivity index (χ4n) is 1.07. The van der Waals surface area contributed by atoms with E-state index in [2.05, 4.69) is 4.74 Å². The first-order valence-electron chi connectivity index (χ1n) is 3.66. The molecule has 1 aliphatic carbocycles. The van der Waals surface area contributed by atoms with Crippen LogP contribution < -0.4 is 0 Å². The minimum atomic E-state index is -3.32. The van der Waals surface area contributed by atoms with Gasteiger partial charge in [-0.2, -0.15) is 4.39 Å². The minimum Gasteiger partial charge on any atom is -0.491 e. The molecule has 0 spiro atoms. The Morgan fingerprint density at radius 1 is 1.29 bits per heavy atom. The predicted molar refractivity (Wildman–Crippen MR) is 38.8 cm³/mol. The monoisotopic (exact) mass is 214 g/mol. The molecule has 0 aromatic rings. The van der Waals surface area contributed by atoms with E-state index in [0.717, 1.165) is 7.11 Å². The molecule has 2 atom stereocenters. The van der Waals surface area contributed by atoms with Crippen LogP contribution in [0.15, 0.2) is 23.2 Å². The van der Waals surface area contributed by atoms with Crippen LogP contribution in [0.5, 0.6) is 0 Å². The second kappa shape index (κ2) is 3.25. The Labute approximate surface area is 76.9 Å². The third-order valence-corrected chi connectivity index (χ3v) is 1.94. The van der Waals surface area contributed by atoms with Crippen LogP contribution >= 0.6 is 0 Å². The molecule has 0 saturated heterocycles. The van der Waals surface area contributed by atoms with Crippen LogP contribution in [-0.2, 0) is 4.74 Å². The number of alkyl halides is 2. The Hall–Kier alpha value is -1.07. The molecule has 0 aromatic heterocycles. The third kappa shape index (κ3) is 1.29. The smallest absolute Gasteiger partial charge is 0.202 e. The van der Waals surface area contributed by atoms with E-state index in [4.69, 9.17) is 0 Å². The molecule has 14 heavy (non-hydrogen) atoms. The van der Waals surface area contributed by atoms with E-state index < -0.39 is 35.1 Å². The molecular weight excluding hydrogens is 207 g/mol. The van der Waals surface area contributed by atoms with Gasteiger partial charge >= 0.3 is 0 Å². The Morgan fingerprint density at radius 3 is 2.21 bits per heavy atom. The number of hydrogen-bond acceptors (Lipinski definition) is 1. The maximum Gasteiger partial charge on any atom is 0.202 e. The Balaban J connectivity index is 3.33. The van der Waals surface area contributed by atoms with Crippen molar-refractivity contribution in [2.24, 2.45) is 0 Å². The van der Waals surface area contributed by atoms with Crippen LogP contribution in [0.1, 0.15) is 6.92 Å². The van der Waals surface area contributed by atoms with Crippen molar-refractivity contribution >= 4 is 0 Å². The van der Waals surface area contributed by atoms with Gasteiger partial charge in [-0.05, 0) is 6.92 Å². The Morgan fingerprint density at radius 2 is 1.79 bits per heavy atom. The molecule has 1 aliphatic rings. The standard InChI is InChI=1S/C8H7F5O/c1-8(13)6(11)3(9)5(14-2)4(10)7(8)12/h6H,1-2H3. The van der Waals surface area contributed by atoms with Crippen LogP contribution in [0.3, 0.4) is 0 Å². The molecule has 0 aliphatic heterocycles. The second-order valence-electron chi connectivity index (χ2n) is 2.95. The van der Waals surface area contributed by atoms with Gasteiger partial charge in [0.15, 0.2) is 29.3 Å². The Kier molecular flexibility index (Phi) is 2.56. The number of methoxy groups -OCH3 is 1. The molecule has 0 aromatic carbocycles. The summed E-state index contributed by atoms with van der Waals surface area (Å²) in [6.07, 6.45) is -2.89. The zero-order valence-electron chi connectivity index (χ0n) is 7.38. The summed E-state index contributed by atoms with van der Waals surface area (Å²) in [7, 11) is 0.829. The highest BCUT2D eigenvalue weighted by atomic mass is 19.2. The average molecular weight is 214 g/mol. The average Bonchev–Trinajstić information content (AvgIpc) is 2.14. The van der Waals surface area contributed by atoms with Gasteiger partial charge in [-0.3, -0.25) is 0 Å². The summed E-state index contributed by atoms with van der Waals surface area (Å²) < 4.78 is 68.6. The maximum atomic E-state index is 13.1. The van der Waals surface area contributed by atoms with Crippen LogP contribution in [0, 0.1) is 0 Å². The highest BCUT2D eigenvalue weighted by Gasteiger charge is 2.50. The lowest BCUT2D eigenvalue weighted by molar-refractivity contribution is 0.0654. The summed E-state index contributed by atoms with van der Waals surface area (Å²) in [4.78, 5) is 0. The van der Waals surface area contributed by atoms with Gasteiger partial charge in [0.1, 0.15) is 0 Å². The number of ether oxygens (including phenoxy) is 1. The molecule has 0 heterocycles. The summed E-state index contributed by atoms with van der Waals surface area (Å²) in [5.41, 5.74) is -3.32. The largest absolute Gasteiger partial charge is 0.491 e. The van der Waals surface area contributed by atoms with Gasteiger partial charge in [0.05, 0.1) is 7.11 Å². The van der Waals surface area contributed by atoms with Crippen LogP contribution in [0.2, 0.25) is 0 Å². The first-order chi connectivity index (χ1) is 6.34. The zero-order chi connectivity index (χ0) is 11.1. The van der Waals surface area contributed by atoms with Gasteiger partial charge in [-0.15, -0.1) is 0 Å². The van der Waals surface area contributed by atoms with Gasteiger partial charge in [0, 0.05) is 0 Å². The van der Waals surface area contributed by atoms with Gasteiger partial charge < -0.3 is 4.74 Å².